The van der Waals surface area contributed by atoms with Crippen LogP contribution < -0.4 is 5.32 Å². The number of hydrogen-bond acceptors (Lipinski definition) is 4. The van der Waals surface area contributed by atoms with Gasteiger partial charge >= 0.3 is 6.09 Å². The molecule has 0 aromatic rings. The van der Waals surface area contributed by atoms with Crippen LogP contribution in [-0.2, 0) is 4.74 Å². The quantitative estimate of drug-likeness (QED) is 0.691. The third-order valence-electron chi connectivity index (χ3n) is 2.33. The number of aliphatic hydroxyl groups is 1. The third kappa shape index (κ3) is 3.98. The summed E-state index contributed by atoms with van der Waals surface area (Å²) in [5.74, 6) is 0. The summed E-state index contributed by atoms with van der Waals surface area (Å²) in [6.45, 7) is 8.67. The van der Waals surface area contributed by atoms with E-state index in [2.05, 4.69) is 5.32 Å². The summed E-state index contributed by atoms with van der Waals surface area (Å²) in [6.07, 6.45) is -0.306. The Hall–Kier alpha value is -0.810. The minimum absolute atomic E-state index is 0.0314. The summed E-state index contributed by atoms with van der Waals surface area (Å²) >= 11 is 0. The van der Waals surface area contributed by atoms with Crippen molar-refractivity contribution in [1.82, 2.24) is 10.2 Å². The molecule has 1 aliphatic rings. The van der Waals surface area contributed by atoms with Crippen LogP contribution in [0.4, 0.5) is 4.79 Å². The summed E-state index contributed by atoms with van der Waals surface area (Å²) in [4.78, 5) is 13.5. The van der Waals surface area contributed by atoms with E-state index in [4.69, 9.17) is 9.84 Å². The first-order valence-corrected chi connectivity index (χ1v) is 5.66. The molecule has 0 aliphatic carbocycles. The zero-order valence-corrected chi connectivity index (χ0v) is 10.5. The number of carbonyl (C=O) groups is 1. The summed E-state index contributed by atoms with van der Waals surface area (Å²) < 4.78 is 5.30. The van der Waals surface area contributed by atoms with Gasteiger partial charge in [0.05, 0.1) is 6.61 Å². The van der Waals surface area contributed by atoms with Crippen LogP contribution in [0.2, 0.25) is 0 Å². The Bertz CT molecular complexity index is 250. The van der Waals surface area contributed by atoms with Crippen LogP contribution in [0.3, 0.4) is 0 Å². The first-order valence-electron chi connectivity index (χ1n) is 5.66. The highest BCUT2D eigenvalue weighted by molar-refractivity contribution is 5.68. The molecule has 5 heteroatoms. The molecular formula is C11H22N2O3. The maximum atomic E-state index is 11.8. The number of rotatable bonds is 1. The van der Waals surface area contributed by atoms with Crippen molar-refractivity contribution >= 4 is 6.09 Å². The predicted octanol–water partition coefficient (Wildman–Crippen LogP) is 0.576. The van der Waals surface area contributed by atoms with Gasteiger partial charge in [0.1, 0.15) is 5.60 Å². The Kier molecular flexibility index (Phi) is 4.15. The van der Waals surface area contributed by atoms with Crippen molar-refractivity contribution in [2.45, 2.75) is 45.4 Å². The van der Waals surface area contributed by atoms with Crippen LogP contribution in [0.25, 0.3) is 0 Å². The molecule has 94 valence electrons. The van der Waals surface area contributed by atoms with E-state index < -0.39 is 5.60 Å². The van der Waals surface area contributed by atoms with Crippen molar-refractivity contribution in [2.75, 3.05) is 19.7 Å². The Morgan fingerprint density at radius 3 is 2.62 bits per heavy atom. The van der Waals surface area contributed by atoms with Gasteiger partial charge in [-0.25, -0.2) is 4.79 Å². The Balaban J connectivity index is 2.55. The van der Waals surface area contributed by atoms with E-state index in [1.165, 1.54) is 0 Å². The molecule has 1 fully saturated rings. The van der Waals surface area contributed by atoms with E-state index in [0.717, 1.165) is 0 Å². The first-order chi connectivity index (χ1) is 7.31. The number of aliphatic hydroxyl groups excluding tert-OH is 1. The molecule has 16 heavy (non-hydrogen) atoms. The number of nitrogens with one attached hydrogen (secondary N) is 1. The standard InChI is InChI=1S/C11H22N2O3/c1-8-5-13(6-9(7-14)12-8)10(15)16-11(2,3)4/h8-9,12,14H,5-7H2,1-4H3/t8-,9?/m0/s1. The molecule has 1 saturated heterocycles. The van der Waals surface area contributed by atoms with Crippen molar-refractivity contribution in [3.63, 3.8) is 0 Å². The van der Waals surface area contributed by atoms with Gasteiger partial charge in [0, 0.05) is 25.2 Å². The third-order valence-corrected chi connectivity index (χ3v) is 2.33. The zero-order chi connectivity index (χ0) is 12.3. The van der Waals surface area contributed by atoms with E-state index in [-0.39, 0.29) is 24.8 Å². The van der Waals surface area contributed by atoms with E-state index in [0.29, 0.717) is 13.1 Å². The Morgan fingerprint density at radius 2 is 2.12 bits per heavy atom. The topological polar surface area (TPSA) is 61.8 Å². The van der Waals surface area contributed by atoms with Gasteiger partial charge in [0.25, 0.3) is 0 Å². The van der Waals surface area contributed by atoms with E-state index in [9.17, 15) is 4.79 Å². The van der Waals surface area contributed by atoms with Gasteiger partial charge < -0.3 is 20.1 Å². The van der Waals surface area contributed by atoms with Gasteiger partial charge in [-0.15, -0.1) is 0 Å². The highest BCUT2D eigenvalue weighted by Crippen LogP contribution is 2.12. The minimum Gasteiger partial charge on any atom is -0.444 e. The number of hydrogen-bond donors (Lipinski definition) is 2. The molecule has 1 heterocycles. The Morgan fingerprint density at radius 1 is 1.50 bits per heavy atom. The van der Waals surface area contributed by atoms with Crippen molar-refractivity contribution in [2.24, 2.45) is 0 Å². The molecule has 2 atom stereocenters. The molecule has 0 spiro atoms. The molecule has 0 aromatic heterocycles. The van der Waals surface area contributed by atoms with Gasteiger partial charge in [0.2, 0.25) is 0 Å². The smallest absolute Gasteiger partial charge is 0.410 e. The summed E-state index contributed by atoms with van der Waals surface area (Å²) in [6, 6.07) is 0.120. The van der Waals surface area contributed by atoms with Gasteiger partial charge in [-0.05, 0) is 27.7 Å². The predicted molar refractivity (Wildman–Crippen MR) is 61.3 cm³/mol. The zero-order valence-electron chi connectivity index (χ0n) is 10.5. The molecule has 1 unspecified atom stereocenters. The fourth-order valence-corrected chi connectivity index (χ4v) is 1.76. The summed E-state index contributed by atoms with van der Waals surface area (Å²) in [5.41, 5.74) is -0.472. The van der Waals surface area contributed by atoms with Crippen molar-refractivity contribution < 1.29 is 14.6 Å². The average molecular weight is 230 g/mol. The minimum atomic E-state index is -0.472. The lowest BCUT2D eigenvalue weighted by Gasteiger charge is -2.37. The second-order valence-corrected chi connectivity index (χ2v) is 5.33. The number of ether oxygens (including phenoxy) is 1. The van der Waals surface area contributed by atoms with Gasteiger partial charge in [-0.3, -0.25) is 0 Å². The van der Waals surface area contributed by atoms with Crippen molar-refractivity contribution in [3.8, 4) is 0 Å². The largest absolute Gasteiger partial charge is 0.444 e. The molecule has 0 bridgehead atoms. The molecule has 0 saturated carbocycles. The average Bonchev–Trinajstić information content (AvgIpc) is 2.14. The highest BCUT2D eigenvalue weighted by Gasteiger charge is 2.29. The Labute approximate surface area is 96.8 Å². The van der Waals surface area contributed by atoms with Gasteiger partial charge in [-0.2, -0.15) is 0 Å². The van der Waals surface area contributed by atoms with Crippen molar-refractivity contribution in [3.05, 3.63) is 0 Å². The van der Waals surface area contributed by atoms with Crippen molar-refractivity contribution in [1.29, 1.82) is 0 Å². The van der Waals surface area contributed by atoms with Gasteiger partial charge in [0.15, 0.2) is 0 Å². The number of piperazine rings is 1. The molecular weight excluding hydrogens is 208 g/mol. The lowest BCUT2D eigenvalue weighted by atomic mass is 10.1. The first kappa shape index (κ1) is 13.3. The second-order valence-electron chi connectivity index (χ2n) is 5.33. The molecule has 2 N–H and O–H groups in total. The molecule has 0 aromatic carbocycles. The molecule has 1 rings (SSSR count). The van der Waals surface area contributed by atoms with E-state index in [1.807, 2.05) is 27.7 Å². The van der Waals surface area contributed by atoms with Crippen LogP contribution in [0.15, 0.2) is 0 Å². The lowest BCUT2D eigenvalue weighted by Crippen LogP contribution is -2.58. The normalized spacial score (nSPS) is 26.7. The highest BCUT2D eigenvalue weighted by atomic mass is 16.6. The van der Waals surface area contributed by atoms with Gasteiger partial charge in [-0.1, -0.05) is 0 Å². The van der Waals surface area contributed by atoms with Crippen LogP contribution in [-0.4, -0.2) is 53.5 Å². The van der Waals surface area contributed by atoms with E-state index >= 15 is 0 Å². The molecule has 5 nitrogen and oxygen atoms in total. The van der Waals surface area contributed by atoms with Crippen LogP contribution in [0, 0.1) is 0 Å². The lowest BCUT2D eigenvalue weighted by molar-refractivity contribution is 0.0132. The van der Waals surface area contributed by atoms with Crippen LogP contribution in [0.5, 0.6) is 0 Å². The maximum absolute atomic E-state index is 11.8. The maximum Gasteiger partial charge on any atom is 0.410 e. The SMILES string of the molecule is C[C@H]1CN(C(=O)OC(C)(C)C)CC(CO)N1. The van der Waals surface area contributed by atoms with Crippen LogP contribution >= 0.6 is 0 Å². The van der Waals surface area contributed by atoms with Crippen LogP contribution in [0.1, 0.15) is 27.7 Å². The second kappa shape index (κ2) is 5.01. The number of carbonyl (C=O) groups excluding carboxylic acids is 1. The fourth-order valence-electron chi connectivity index (χ4n) is 1.76. The monoisotopic (exact) mass is 230 g/mol. The molecule has 0 radical (unpaired) electrons. The van der Waals surface area contributed by atoms with E-state index in [1.54, 1.807) is 4.90 Å². The molecule has 1 aliphatic heterocycles. The number of amides is 1. The fraction of sp³-hybridized carbons (Fsp3) is 0.909. The summed E-state index contributed by atoms with van der Waals surface area (Å²) in [5, 5.41) is 12.3. The molecule has 1 amide bonds. The number of nitrogens with zero attached hydrogens (tertiary/aromatic N) is 1. The summed E-state index contributed by atoms with van der Waals surface area (Å²) in [7, 11) is 0.